The van der Waals surface area contributed by atoms with Gasteiger partial charge in [0.2, 0.25) is 0 Å². The summed E-state index contributed by atoms with van der Waals surface area (Å²) in [5.41, 5.74) is 7.42. The Labute approximate surface area is 171 Å². The molecule has 1 saturated heterocycles. The molecule has 2 aromatic heterocycles. The van der Waals surface area contributed by atoms with Crippen molar-refractivity contribution in [2.75, 3.05) is 32.1 Å². The van der Waals surface area contributed by atoms with Crippen LogP contribution in [-0.4, -0.2) is 41.6 Å². The van der Waals surface area contributed by atoms with Crippen molar-refractivity contribution in [2.45, 2.75) is 45.1 Å². The van der Waals surface area contributed by atoms with Crippen molar-refractivity contribution in [1.82, 2.24) is 20.1 Å². The number of aromatic nitrogens is 3. The summed E-state index contributed by atoms with van der Waals surface area (Å²) in [5.74, 6) is 1.46. The Morgan fingerprint density at radius 2 is 2.10 bits per heavy atom. The van der Waals surface area contributed by atoms with E-state index in [0.717, 1.165) is 69.0 Å². The van der Waals surface area contributed by atoms with E-state index < -0.39 is 0 Å². The number of hydrogen-bond acceptors (Lipinski definition) is 5. The molecule has 0 amide bonds. The lowest BCUT2D eigenvalue weighted by atomic mass is 9.88. The van der Waals surface area contributed by atoms with Crippen LogP contribution in [-0.2, 0) is 24.1 Å². The van der Waals surface area contributed by atoms with Crippen LogP contribution in [0.2, 0.25) is 0 Å². The maximum absolute atomic E-state index is 5.60. The van der Waals surface area contributed by atoms with Gasteiger partial charge in [-0.25, -0.2) is 9.67 Å². The van der Waals surface area contributed by atoms with Crippen molar-refractivity contribution in [3.8, 4) is 5.69 Å². The van der Waals surface area contributed by atoms with Crippen LogP contribution >= 0.6 is 0 Å². The van der Waals surface area contributed by atoms with Gasteiger partial charge in [0.05, 0.1) is 16.9 Å². The molecule has 1 fully saturated rings. The first-order valence-electron chi connectivity index (χ1n) is 10.8. The standard InChI is InChI=1S/C23H29N5O/c1-3-15-10-19-18(16-5-8-29-9-6-16)11-23(24-2)26-21(19)12-22(15)28-14-17-13-25-7-4-20(17)27-28/h10-12,14,16,25H,3-9,13H2,1-2H3,(H,24,26). The van der Waals surface area contributed by atoms with Crippen molar-refractivity contribution >= 4 is 16.7 Å². The first kappa shape index (κ1) is 18.6. The zero-order valence-electron chi connectivity index (χ0n) is 17.3. The minimum Gasteiger partial charge on any atom is -0.381 e. The third kappa shape index (κ3) is 3.40. The molecule has 1 aromatic carbocycles. The molecule has 4 heterocycles. The monoisotopic (exact) mass is 391 g/mol. The summed E-state index contributed by atoms with van der Waals surface area (Å²) in [7, 11) is 1.94. The molecule has 152 valence electrons. The Morgan fingerprint density at radius 3 is 2.86 bits per heavy atom. The third-order valence-electron chi connectivity index (χ3n) is 6.32. The average molecular weight is 392 g/mol. The number of fused-ring (bicyclic) bond motifs is 2. The van der Waals surface area contributed by atoms with Gasteiger partial charge in [-0.1, -0.05) is 6.92 Å². The highest BCUT2D eigenvalue weighted by atomic mass is 16.5. The number of nitrogens with zero attached hydrogens (tertiary/aromatic N) is 3. The van der Waals surface area contributed by atoms with Gasteiger partial charge < -0.3 is 15.4 Å². The quantitative estimate of drug-likeness (QED) is 0.712. The van der Waals surface area contributed by atoms with E-state index in [4.69, 9.17) is 14.8 Å². The Balaban J connectivity index is 1.67. The lowest BCUT2D eigenvalue weighted by Crippen LogP contribution is -2.22. The van der Waals surface area contributed by atoms with Gasteiger partial charge in [-0.3, -0.25) is 0 Å². The van der Waals surface area contributed by atoms with Crippen molar-refractivity contribution < 1.29 is 4.74 Å². The number of anilines is 1. The van der Waals surface area contributed by atoms with E-state index in [1.807, 2.05) is 7.05 Å². The molecule has 5 rings (SSSR count). The number of hydrogen-bond donors (Lipinski definition) is 2. The van der Waals surface area contributed by atoms with E-state index in [1.165, 1.54) is 27.8 Å². The topological polar surface area (TPSA) is 64.0 Å². The van der Waals surface area contributed by atoms with Crippen molar-refractivity contribution in [1.29, 1.82) is 0 Å². The number of nitrogens with one attached hydrogen (secondary N) is 2. The first-order valence-corrected chi connectivity index (χ1v) is 10.8. The largest absolute Gasteiger partial charge is 0.381 e. The van der Waals surface area contributed by atoms with Gasteiger partial charge in [0.1, 0.15) is 5.82 Å². The molecular formula is C23H29N5O. The van der Waals surface area contributed by atoms with Crippen LogP contribution in [0.25, 0.3) is 16.6 Å². The van der Waals surface area contributed by atoms with Crippen LogP contribution in [0.15, 0.2) is 24.4 Å². The van der Waals surface area contributed by atoms with Gasteiger partial charge in [0.15, 0.2) is 0 Å². The summed E-state index contributed by atoms with van der Waals surface area (Å²) in [6, 6.07) is 6.81. The Kier molecular flexibility index (Phi) is 4.97. The molecule has 0 saturated carbocycles. The number of pyridine rings is 1. The first-order chi connectivity index (χ1) is 14.3. The highest BCUT2D eigenvalue weighted by Crippen LogP contribution is 2.35. The number of rotatable bonds is 4. The molecule has 0 radical (unpaired) electrons. The number of ether oxygens (including phenoxy) is 1. The van der Waals surface area contributed by atoms with E-state index in [1.54, 1.807) is 0 Å². The second-order valence-electron chi connectivity index (χ2n) is 8.06. The summed E-state index contributed by atoms with van der Waals surface area (Å²) in [4.78, 5) is 4.90. The van der Waals surface area contributed by atoms with Crippen molar-refractivity contribution in [3.63, 3.8) is 0 Å². The zero-order valence-corrected chi connectivity index (χ0v) is 17.3. The summed E-state index contributed by atoms with van der Waals surface area (Å²) < 4.78 is 7.67. The average Bonchev–Trinajstić information content (AvgIpc) is 3.22. The SMILES string of the molecule is CCc1cc2c(C3CCOCC3)cc(NC)nc2cc1-n1cc2c(n1)CCNC2. The van der Waals surface area contributed by atoms with Gasteiger partial charge in [-0.2, -0.15) is 5.10 Å². The molecule has 0 bridgehead atoms. The number of aryl methyl sites for hydroxylation is 1. The highest BCUT2D eigenvalue weighted by Gasteiger charge is 2.21. The van der Waals surface area contributed by atoms with Crippen molar-refractivity contribution in [3.05, 3.63) is 46.8 Å². The smallest absolute Gasteiger partial charge is 0.126 e. The second-order valence-corrected chi connectivity index (χ2v) is 8.06. The normalized spacial score (nSPS) is 17.4. The van der Waals surface area contributed by atoms with E-state index in [9.17, 15) is 0 Å². The predicted molar refractivity (Wildman–Crippen MR) is 116 cm³/mol. The molecule has 2 aliphatic heterocycles. The molecule has 2 aliphatic rings. The van der Waals surface area contributed by atoms with Gasteiger partial charge >= 0.3 is 0 Å². The molecular weight excluding hydrogens is 362 g/mol. The fourth-order valence-corrected chi connectivity index (χ4v) is 4.66. The Hall–Kier alpha value is -2.44. The fraction of sp³-hybridized carbons (Fsp3) is 0.478. The highest BCUT2D eigenvalue weighted by molar-refractivity contribution is 5.87. The van der Waals surface area contributed by atoms with Crippen LogP contribution < -0.4 is 10.6 Å². The van der Waals surface area contributed by atoms with Crippen LogP contribution in [0.4, 0.5) is 5.82 Å². The third-order valence-corrected chi connectivity index (χ3v) is 6.32. The van der Waals surface area contributed by atoms with Crippen molar-refractivity contribution in [2.24, 2.45) is 0 Å². The lowest BCUT2D eigenvalue weighted by molar-refractivity contribution is 0.0856. The van der Waals surface area contributed by atoms with Crippen LogP contribution in [0.5, 0.6) is 0 Å². The molecule has 6 nitrogen and oxygen atoms in total. The lowest BCUT2D eigenvalue weighted by Gasteiger charge is -2.24. The van der Waals surface area contributed by atoms with Crippen LogP contribution in [0.1, 0.15) is 48.1 Å². The molecule has 6 heteroatoms. The molecule has 3 aromatic rings. The van der Waals surface area contributed by atoms with Gasteiger partial charge in [0.25, 0.3) is 0 Å². The summed E-state index contributed by atoms with van der Waals surface area (Å²) >= 11 is 0. The molecule has 0 unspecified atom stereocenters. The summed E-state index contributed by atoms with van der Waals surface area (Å²) in [6.45, 7) is 5.81. The van der Waals surface area contributed by atoms with E-state index in [0.29, 0.717) is 5.92 Å². The molecule has 2 N–H and O–H groups in total. The molecule has 0 spiro atoms. The molecule has 0 aliphatic carbocycles. The van der Waals surface area contributed by atoms with Gasteiger partial charge in [0, 0.05) is 56.9 Å². The fourth-order valence-electron chi connectivity index (χ4n) is 4.66. The van der Waals surface area contributed by atoms with E-state index in [2.05, 4.69) is 46.6 Å². The predicted octanol–water partition coefficient (Wildman–Crippen LogP) is 3.56. The molecule has 29 heavy (non-hydrogen) atoms. The maximum Gasteiger partial charge on any atom is 0.126 e. The minimum atomic E-state index is 0.528. The van der Waals surface area contributed by atoms with E-state index >= 15 is 0 Å². The second kappa shape index (κ2) is 7.76. The summed E-state index contributed by atoms with van der Waals surface area (Å²) in [5, 5.41) is 12.9. The minimum absolute atomic E-state index is 0.528. The van der Waals surface area contributed by atoms with Gasteiger partial charge in [-0.05, 0) is 54.5 Å². The van der Waals surface area contributed by atoms with Gasteiger partial charge in [-0.15, -0.1) is 0 Å². The van der Waals surface area contributed by atoms with Crippen LogP contribution in [0.3, 0.4) is 0 Å². The zero-order chi connectivity index (χ0) is 19.8. The Morgan fingerprint density at radius 1 is 1.24 bits per heavy atom. The van der Waals surface area contributed by atoms with Crippen LogP contribution in [0, 0.1) is 0 Å². The number of benzene rings is 1. The Bertz CT molecular complexity index is 1010. The maximum atomic E-state index is 5.60. The molecule has 0 atom stereocenters. The van der Waals surface area contributed by atoms with E-state index in [-0.39, 0.29) is 0 Å². The summed E-state index contributed by atoms with van der Waals surface area (Å²) in [6.07, 6.45) is 6.29.